The molecular weight excluding hydrogens is 302 g/mol. The maximum atomic E-state index is 12.7. The van der Waals surface area contributed by atoms with Crippen LogP contribution in [0.15, 0.2) is 54.9 Å². The lowest BCUT2D eigenvalue weighted by Crippen LogP contribution is -2.37. The predicted molar refractivity (Wildman–Crippen MR) is 91.5 cm³/mol. The van der Waals surface area contributed by atoms with Gasteiger partial charge in [-0.05, 0) is 30.2 Å². The van der Waals surface area contributed by atoms with E-state index in [0.717, 1.165) is 22.2 Å². The Morgan fingerprint density at radius 1 is 1.25 bits per heavy atom. The predicted octanol–water partition coefficient (Wildman–Crippen LogP) is 2.37. The topological polar surface area (TPSA) is 67.2 Å². The van der Waals surface area contributed by atoms with Crippen LogP contribution in [-0.4, -0.2) is 26.7 Å². The minimum Gasteiger partial charge on any atom is -0.390 e. The van der Waals surface area contributed by atoms with Gasteiger partial charge < -0.3 is 15.0 Å². The van der Waals surface area contributed by atoms with Gasteiger partial charge in [-0.3, -0.25) is 4.79 Å². The zero-order valence-electron chi connectivity index (χ0n) is 13.4. The first-order chi connectivity index (χ1) is 11.6. The molecule has 0 radical (unpaired) electrons. The highest BCUT2D eigenvalue weighted by Crippen LogP contribution is 2.31. The molecule has 5 nitrogen and oxygen atoms in total. The van der Waals surface area contributed by atoms with Gasteiger partial charge in [0.15, 0.2) is 0 Å². The number of para-hydroxylation sites is 2. The zero-order valence-corrected chi connectivity index (χ0v) is 13.4. The van der Waals surface area contributed by atoms with Crippen molar-refractivity contribution >= 4 is 16.9 Å². The van der Waals surface area contributed by atoms with E-state index in [-0.39, 0.29) is 11.9 Å². The van der Waals surface area contributed by atoms with E-state index in [1.807, 2.05) is 60.0 Å². The molecule has 1 aliphatic carbocycles. The lowest BCUT2D eigenvalue weighted by Gasteiger charge is -2.21. The normalized spacial score (nSPS) is 20.8. The Bertz CT molecular complexity index is 902. The molecule has 0 aliphatic heterocycles. The monoisotopic (exact) mass is 321 g/mol. The second-order valence-electron chi connectivity index (χ2n) is 6.27. The third-order valence-electron chi connectivity index (χ3n) is 4.78. The molecule has 0 saturated carbocycles. The number of hydrogen-bond donors (Lipinski definition) is 2. The molecule has 24 heavy (non-hydrogen) atoms. The maximum absolute atomic E-state index is 12.7. The van der Waals surface area contributed by atoms with Crippen LogP contribution in [0.2, 0.25) is 0 Å². The van der Waals surface area contributed by atoms with Gasteiger partial charge in [-0.2, -0.15) is 0 Å². The lowest BCUT2D eigenvalue weighted by atomic mass is 10.1. The van der Waals surface area contributed by atoms with Crippen molar-refractivity contribution in [2.24, 2.45) is 0 Å². The number of aromatic nitrogens is 2. The number of fused-ring (bicyclic) bond motifs is 2. The molecule has 0 saturated heterocycles. The van der Waals surface area contributed by atoms with Crippen molar-refractivity contribution in [2.45, 2.75) is 31.5 Å². The quantitative estimate of drug-likeness (QED) is 0.778. The fraction of sp³-hybridized carbons (Fsp3) is 0.263. The van der Waals surface area contributed by atoms with Gasteiger partial charge >= 0.3 is 0 Å². The van der Waals surface area contributed by atoms with E-state index in [2.05, 4.69) is 10.3 Å². The Kier molecular flexibility index (Phi) is 3.58. The van der Waals surface area contributed by atoms with Crippen molar-refractivity contribution in [3.05, 3.63) is 66.0 Å². The number of benzene rings is 2. The first-order valence-electron chi connectivity index (χ1n) is 8.13. The van der Waals surface area contributed by atoms with Gasteiger partial charge in [-0.1, -0.05) is 36.4 Å². The number of hydrogen-bond acceptors (Lipinski definition) is 3. The number of aliphatic hydroxyl groups is 1. The van der Waals surface area contributed by atoms with Gasteiger partial charge in [0.1, 0.15) is 6.04 Å². The number of nitrogens with zero attached hydrogens (tertiary/aromatic N) is 2. The molecule has 2 aromatic carbocycles. The Morgan fingerprint density at radius 2 is 2.00 bits per heavy atom. The summed E-state index contributed by atoms with van der Waals surface area (Å²) in [4.78, 5) is 17.1. The molecule has 1 amide bonds. The third-order valence-corrected chi connectivity index (χ3v) is 4.78. The minimum absolute atomic E-state index is 0.126. The van der Waals surface area contributed by atoms with E-state index in [4.69, 9.17) is 0 Å². The zero-order chi connectivity index (χ0) is 16.7. The molecule has 3 atom stereocenters. The first-order valence-corrected chi connectivity index (χ1v) is 8.13. The molecule has 4 rings (SSSR count). The van der Waals surface area contributed by atoms with Gasteiger partial charge in [0.25, 0.3) is 0 Å². The van der Waals surface area contributed by atoms with Gasteiger partial charge in [-0.25, -0.2) is 4.98 Å². The van der Waals surface area contributed by atoms with E-state index in [0.29, 0.717) is 6.42 Å². The standard InChI is InChI=1S/C19H19N3O2/c1-12(22-11-20-15-8-4-5-9-16(15)22)19(24)21-18-14-7-3-2-6-13(14)10-17(18)23/h2-9,11-12,17-18,23H,10H2,1H3,(H,21,24). The van der Waals surface area contributed by atoms with Crippen LogP contribution in [0.3, 0.4) is 0 Å². The summed E-state index contributed by atoms with van der Waals surface area (Å²) in [5.41, 5.74) is 3.88. The van der Waals surface area contributed by atoms with Crippen LogP contribution >= 0.6 is 0 Å². The summed E-state index contributed by atoms with van der Waals surface area (Å²) in [6, 6.07) is 14.8. The molecule has 2 N–H and O–H groups in total. The molecule has 1 heterocycles. The van der Waals surface area contributed by atoms with Crippen LogP contribution < -0.4 is 5.32 Å². The summed E-state index contributed by atoms with van der Waals surface area (Å²) in [6.45, 7) is 1.84. The average molecular weight is 321 g/mol. The van der Waals surface area contributed by atoms with Gasteiger partial charge in [0.2, 0.25) is 5.91 Å². The number of carbonyl (C=O) groups is 1. The van der Waals surface area contributed by atoms with E-state index < -0.39 is 12.1 Å². The Labute approximate surface area is 139 Å². The second-order valence-corrected chi connectivity index (χ2v) is 6.27. The second kappa shape index (κ2) is 5.76. The average Bonchev–Trinajstić information content (AvgIpc) is 3.16. The summed E-state index contributed by atoms with van der Waals surface area (Å²) < 4.78 is 1.86. The molecule has 0 fully saturated rings. The highest BCUT2D eigenvalue weighted by atomic mass is 16.3. The van der Waals surface area contributed by atoms with Crippen LogP contribution in [-0.2, 0) is 11.2 Å². The van der Waals surface area contributed by atoms with E-state index in [1.165, 1.54) is 0 Å². The number of carbonyl (C=O) groups excluding carboxylic acids is 1. The molecule has 3 unspecified atom stereocenters. The number of amides is 1. The fourth-order valence-corrected chi connectivity index (χ4v) is 3.43. The highest BCUT2D eigenvalue weighted by molar-refractivity contribution is 5.84. The number of nitrogens with one attached hydrogen (secondary N) is 1. The summed E-state index contributed by atoms with van der Waals surface area (Å²) in [5, 5.41) is 13.3. The van der Waals surface area contributed by atoms with E-state index in [1.54, 1.807) is 6.33 Å². The Morgan fingerprint density at radius 3 is 2.88 bits per heavy atom. The minimum atomic E-state index is -0.585. The highest BCUT2D eigenvalue weighted by Gasteiger charge is 2.33. The van der Waals surface area contributed by atoms with Crippen molar-refractivity contribution in [3.63, 3.8) is 0 Å². The van der Waals surface area contributed by atoms with Gasteiger partial charge in [-0.15, -0.1) is 0 Å². The summed E-state index contributed by atoms with van der Waals surface area (Å²) in [7, 11) is 0. The summed E-state index contributed by atoms with van der Waals surface area (Å²) in [5.74, 6) is -0.126. The molecule has 0 bridgehead atoms. The summed E-state index contributed by atoms with van der Waals surface area (Å²) in [6.07, 6.45) is 1.68. The maximum Gasteiger partial charge on any atom is 0.243 e. The molecule has 3 aromatic rings. The third kappa shape index (κ3) is 2.37. The molecule has 1 aromatic heterocycles. The summed E-state index contributed by atoms with van der Waals surface area (Å²) >= 11 is 0. The lowest BCUT2D eigenvalue weighted by molar-refractivity contribution is -0.125. The van der Waals surface area contributed by atoms with Crippen molar-refractivity contribution in [1.82, 2.24) is 14.9 Å². The van der Waals surface area contributed by atoms with Gasteiger partial charge in [0.05, 0.1) is 29.5 Å². The van der Waals surface area contributed by atoms with Crippen molar-refractivity contribution in [2.75, 3.05) is 0 Å². The van der Waals surface area contributed by atoms with Crippen LogP contribution in [0.5, 0.6) is 0 Å². The Hall–Kier alpha value is -2.66. The molecule has 122 valence electrons. The molecule has 5 heteroatoms. The first kappa shape index (κ1) is 14.9. The molecule has 0 spiro atoms. The van der Waals surface area contributed by atoms with Crippen LogP contribution in [0, 0.1) is 0 Å². The Balaban J connectivity index is 1.58. The van der Waals surface area contributed by atoms with Gasteiger partial charge in [0, 0.05) is 6.42 Å². The number of rotatable bonds is 3. The molecule has 1 aliphatic rings. The smallest absolute Gasteiger partial charge is 0.243 e. The molecular formula is C19H19N3O2. The van der Waals surface area contributed by atoms with Crippen molar-refractivity contribution in [1.29, 1.82) is 0 Å². The number of aliphatic hydroxyl groups excluding tert-OH is 1. The van der Waals surface area contributed by atoms with Crippen LogP contribution in [0.4, 0.5) is 0 Å². The fourth-order valence-electron chi connectivity index (χ4n) is 3.43. The largest absolute Gasteiger partial charge is 0.390 e. The van der Waals surface area contributed by atoms with Crippen molar-refractivity contribution < 1.29 is 9.90 Å². The van der Waals surface area contributed by atoms with E-state index in [9.17, 15) is 9.90 Å². The van der Waals surface area contributed by atoms with Crippen LogP contribution in [0.25, 0.3) is 11.0 Å². The van der Waals surface area contributed by atoms with Crippen molar-refractivity contribution in [3.8, 4) is 0 Å². The number of imidazole rings is 1. The van der Waals surface area contributed by atoms with Crippen LogP contribution in [0.1, 0.15) is 30.1 Å². The SMILES string of the molecule is CC(C(=O)NC1c2ccccc2CC1O)n1cnc2ccccc21. The van der Waals surface area contributed by atoms with E-state index >= 15 is 0 Å².